The number of aromatic nitrogens is 2. The third-order valence-electron chi connectivity index (χ3n) is 6.12. The number of carbonyl (C=O) groups excluding carboxylic acids is 1. The second-order valence-corrected chi connectivity index (χ2v) is 10.9. The summed E-state index contributed by atoms with van der Waals surface area (Å²) in [6.07, 6.45) is 0. The van der Waals surface area contributed by atoms with Gasteiger partial charge in [-0.15, -0.1) is 0 Å². The van der Waals surface area contributed by atoms with Gasteiger partial charge < -0.3 is 10.2 Å². The molecule has 1 aromatic heterocycles. The third-order valence-corrected chi connectivity index (χ3v) is 6.12. The number of para-hydroxylation sites is 1. The molecule has 0 aliphatic heterocycles. The Morgan fingerprint density at radius 3 is 1.74 bits per heavy atom. The maximum atomic E-state index is 14.1. The topological polar surface area (TPSA) is 75.4 Å². The van der Waals surface area contributed by atoms with E-state index in [1.807, 2.05) is 102 Å². The smallest absolute Gasteiger partial charge is 0.226 e. The van der Waals surface area contributed by atoms with Crippen LogP contribution < -0.4 is 0 Å². The minimum Gasteiger partial charge on any atom is -0.507 e. The SMILES string of the molecule is CC(C)(C)c1cc(C(=O)c2c(-c3ccccc3)nn(-c3ccccc3)c2O)cc(C(C)(C)C)c1O. The van der Waals surface area contributed by atoms with Crippen molar-refractivity contribution >= 4 is 5.78 Å². The number of benzene rings is 3. The van der Waals surface area contributed by atoms with E-state index in [-0.39, 0.29) is 33.8 Å². The van der Waals surface area contributed by atoms with Gasteiger partial charge in [-0.1, -0.05) is 90.1 Å². The lowest BCUT2D eigenvalue weighted by Gasteiger charge is -2.28. The molecule has 35 heavy (non-hydrogen) atoms. The zero-order valence-corrected chi connectivity index (χ0v) is 21.1. The Hall–Kier alpha value is -3.86. The van der Waals surface area contributed by atoms with Gasteiger partial charge in [0, 0.05) is 22.3 Å². The van der Waals surface area contributed by atoms with Gasteiger partial charge in [-0.2, -0.15) is 9.78 Å². The molecule has 0 bridgehead atoms. The average molecular weight is 469 g/mol. The largest absolute Gasteiger partial charge is 0.507 e. The molecule has 0 unspecified atom stereocenters. The first-order valence-electron chi connectivity index (χ1n) is 11.7. The Balaban J connectivity index is 1.99. The molecule has 3 aromatic carbocycles. The molecule has 0 atom stereocenters. The summed E-state index contributed by atoms with van der Waals surface area (Å²) in [6, 6.07) is 22.1. The molecule has 180 valence electrons. The minimum atomic E-state index is -0.390. The fraction of sp³-hybridized carbons (Fsp3) is 0.267. The maximum absolute atomic E-state index is 14.1. The lowest BCUT2D eigenvalue weighted by Crippen LogP contribution is -2.19. The zero-order valence-electron chi connectivity index (χ0n) is 21.1. The summed E-state index contributed by atoms with van der Waals surface area (Å²) >= 11 is 0. The van der Waals surface area contributed by atoms with Crippen LogP contribution in [0.4, 0.5) is 0 Å². The van der Waals surface area contributed by atoms with E-state index < -0.39 is 0 Å². The van der Waals surface area contributed by atoms with Crippen molar-refractivity contribution in [2.24, 2.45) is 0 Å². The highest BCUT2D eigenvalue weighted by Crippen LogP contribution is 2.41. The average Bonchev–Trinajstić information content (AvgIpc) is 3.15. The van der Waals surface area contributed by atoms with Crippen molar-refractivity contribution in [2.45, 2.75) is 52.4 Å². The van der Waals surface area contributed by atoms with Crippen LogP contribution in [0.5, 0.6) is 11.6 Å². The van der Waals surface area contributed by atoms with Crippen molar-refractivity contribution in [2.75, 3.05) is 0 Å². The fourth-order valence-corrected chi connectivity index (χ4v) is 4.22. The molecule has 4 aromatic rings. The monoisotopic (exact) mass is 468 g/mol. The maximum Gasteiger partial charge on any atom is 0.226 e. The summed E-state index contributed by atoms with van der Waals surface area (Å²) < 4.78 is 1.39. The molecule has 0 aliphatic carbocycles. The van der Waals surface area contributed by atoms with Crippen molar-refractivity contribution in [3.8, 4) is 28.6 Å². The highest BCUT2D eigenvalue weighted by Gasteiger charge is 2.31. The molecule has 0 saturated carbocycles. The van der Waals surface area contributed by atoms with E-state index in [2.05, 4.69) is 5.10 Å². The molecule has 5 nitrogen and oxygen atoms in total. The van der Waals surface area contributed by atoms with Gasteiger partial charge >= 0.3 is 0 Å². The van der Waals surface area contributed by atoms with E-state index >= 15 is 0 Å². The molecule has 0 amide bonds. The van der Waals surface area contributed by atoms with E-state index in [4.69, 9.17) is 0 Å². The zero-order chi connectivity index (χ0) is 25.5. The van der Waals surface area contributed by atoms with Crippen LogP contribution in [-0.2, 0) is 10.8 Å². The number of phenolic OH excluding ortho intramolecular Hbond substituents is 1. The molecule has 0 radical (unpaired) electrons. The Morgan fingerprint density at radius 1 is 0.771 bits per heavy atom. The van der Waals surface area contributed by atoms with Crippen molar-refractivity contribution < 1.29 is 15.0 Å². The van der Waals surface area contributed by atoms with Crippen LogP contribution in [0.3, 0.4) is 0 Å². The van der Waals surface area contributed by atoms with Gasteiger partial charge in [0.05, 0.1) is 5.69 Å². The molecule has 0 spiro atoms. The van der Waals surface area contributed by atoms with Gasteiger partial charge in [0.1, 0.15) is 17.0 Å². The number of nitrogens with zero attached hydrogens (tertiary/aromatic N) is 2. The van der Waals surface area contributed by atoms with Gasteiger partial charge in [0.15, 0.2) is 0 Å². The molecule has 0 aliphatic rings. The Kier molecular flexibility index (Phi) is 6.05. The summed E-state index contributed by atoms with van der Waals surface area (Å²) in [4.78, 5) is 14.1. The number of hydrogen-bond donors (Lipinski definition) is 2. The normalized spacial score (nSPS) is 12.1. The molecule has 1 heterocycles. The second kappa shape index (κ2) is 8.73. The predicted octanol–water partition coefficient (Wildman–Crippen LogP) is 6.78. The van der Waals surface area contributed by atoms with E-state index in [0.29, 0.717) is 28.1 Å². The van der Waals surface area contributed by atoms with Crippen LogP contribution in [-0.4, -0.2) is 25.8 Å². The number of hydrogen-bond acceptors (Lipinski definition) is 4. The summed E-state index contributed by atoms with van der Waals surface area (Å²) in [7, 11) is 0. The predicted molar refractivity (Wildman–Crippen MR) is 140 cm³/mol. The van der Waals surface area contributed by atoms with E-state index in [1.165, 1.54) is 4.68 Å². The number of carbonyl (C=O) groups is 1. The van der Waals surface area contributed by atoms with Gasteiger partial charge in [-0.05, 0) is 35.1 Å². The van der Waals surface area contributed by atoms with Crippen LogP contribution >= 0.6 is 0 Å². The standard InChI is InChI=1S/C30H32N2O3/c1-29(2,3)22-17-20(18-23(27(22)34)30(4,5)6)26(33)24-25(19-13-9-7-10-14-19)31-32(28(24)35)21-15-11-8-12-16-21/h7-18,34-35H,1-6H3. The van der Waals surface area contributed by atoms with Crippen molar-refractivity contribution in [1.29, 1.82) is 0 Å². The quantitative estimate of drug-likeness (QED) is 0.324. The fourth-order valence-electron chi connectivity index (χ4n) is 4.22. The molecule has 4 rings (SSSR count). The van der Waals surface area contributed by atoms with Gasteiger partial charge in [0.2, 0.25) is 11.7 Å². The number of rotatable bonds is 4. The highest BCUT2D eigenvalue weighted by atomic mass is 16.3. The molecule has 0 saturated heterocycles. The lowest BCUT2D eigenvalue weighted by atomic mass is 9.77. The molecule has 2 N–H and O–H groups in total. The number of phenols is 1. The van der Waals surface area contributed by atoms with E-state index in [1.54, 1.807) is 12.1 Å². The Morgan fingerprint density at radius 2 is 1.26 bits per heavy atom. The van der Waals surface area contributed by atoms with E-state index in [0.717, 1.165) is 5.56 Å². The van der Waals surface area contributed by atoms with Crippen LogP contribution in [0.15, 0.2) is 72.8 Å². The molecule has 5 heteroatoms. The molecule has 0 fully saturated rings. The first-order valence-corrected chi connectivity index (χ1v) is 11.7. The Bertz CT molecular complexity index is 1340. The van der Waals surface area contributed by atoms with Gasteiger partial charge in [-0.3, -0.25) is 4.79 Å². The van der Waals surface area contributed by atoms with Crippen LogP contribution in [0, 0.1) is 0 Å². The van der Waals surface area contributed by atoms with Crippen LogP contribution in [0.2, 0.25) is 0 Å². The third kappa shape index (κ3) is 4.59. The highest BCUT2D eigenvalue weighted by molar-refractivity contribution is 6.14. The number of aromatic hydroxyl groups is 2. The van der Waals surface area contributed by atoms with Gasteiger partial charge in [-0.25, -0.2) is 0 Å². The lowest BCUT2D eigenvalue weighted by molar-refractivity contribution is 0.103. The first kappa shape index (κ1) is 24.3. The Labute approximate surface area is 206 Å². The van der Waals surface area contributed by atoms with Crippen LogP contribution in [0.25, 0.3) is 16.9 Å². The van der Waals surface area contributed by atoms with E-state index in [9.17, 15) is 15.0 Å². The molecular formula is C30H32N2O3. The first-order chi connectivity index (χ1) is 16.4. The molecular weight excluding hydrogens is 436 g/mol. The van der Waals surface area contributed by atoms with Gasteiger partial charge in [0.25, 0.3) is 0 Å². The number of ketones is 1. The van der Waals surface area contributed by atoms with Crippen molar-refractivity contribution in [3.05, 3.63) is 95.1 Å². The summed E-state index contributed by atoms with van der Waals surface area (Å²) in [6.45, 7) is 12.0. The van der Waals surface area contributed by atoms with Crippen molar-refractivity contribution in [1.82, 2.24) is 9.78 Å². The minimum absolute atomic E-state index is 0.130. The summed E-state index contributed by atoms with van der Waals surface area (Å²) in [5, 5.41) is 27.1. The van der Waals surface area contributed by atoms with Crippen LogP contribution in [0.1, 0.15) is 68.6 Å². The summed E-state index contributed by atoms with van der Waals surface area (Å²) in [5.41, 5.74) is 2.90. The van der Waals surface area contributed by atoms with Crippen molar-refractivity contribution in [3.63, 3.8) is 0 Å². The second-order valence-electron chi connectivity index (χ2n) is 10.9. The summed E-state index contributed by atoms with van der Waals surface area (Å²) in [5.74, 6) is -0.365.